The number of hydrogen-bond donors (Lipinski definition) is 3. The molecular formula is C13H19N3O2S. The number of piperidine rings is 1. The van der Waals surface area contributed by atoms with Crippen LogP contribution >= 0.6 is 0 Å². The first-order valence-electron chi connectivity index (χ1n) is 6.69. The number of rotatable bonds is 5. The first-order valence-corrected chi connectivity index (χ1v) is 8.18. The quantitative estimate of drug-likeness (QED) is 0.740. The van der Waals surface area contributed by atoms with Gasteiger partial charge in [0.1, 0.15) is 4.90 Å². The molecule has 0 amide bonds. The smallest absolute Gasteiger partial charge is 0.242 e. The lowest BCUT2D eigenvalue weighted by Crippen LogP contribution is -2.26. The van der Waals surface area contributed by atoms with E-state index in [4.69, 9.17) is 0 Å². The van der Waals surface area contributed by atoms with E-state index < -0.39 is 10.0 Å². The van der Waals surface area contributed by atoms with E-state index in [1.807, 2.05) is 12.1 Å². The number of para-hydroxylation sites is 1. The van der Waals surface area contributed by atoms with Crippen molar-refractivity contribution >= 4 is 15.7 Å². The maximum absolute atomic E-state index is 12.1. The Hall–Kier alpha value is -1.11. The van der Waals surface area contributed by atoms with Gasteiger partial charge in [0.15, 0.2) is 0 Å². The summed E-state index contributed by atoms with van der Waals surface area (Å²) in [4.78, 5) is 0.342. The zero-order chi connectivity index (χ0) is 13.5. The molecule has 1 aromatic carbocycles. The third-order valence-electron chi connectivity index (χ3n) is 3.92. The highest BCUT2D eigenvalue weighted by Gasteiger charge is 2.53. The van der Waals surface area contributed by atoms with Crippen molar-refractivity contribution in [3.05, 3.63) is 24.3 Å². The van der Waals surface area contributed by atoms with Crippen molar-refractivity contribution in [1.82, 2.24) is 10.0 Å². The first kappa shape index (κ1) is 12.9. The monoisotopic (exact) mass is 281 g/mol. The van der Waals surface area contributed by atoms with Gasteiger partial charge < -0.3 is 10.6 Å². The van der Waals surface area contributed by atoms with Gasteiger partial charge in [-0.15, -0.1) is 0 Å². The van der Waals surface area contributed by atoms with Crippen molar-refractivity contribution in [2.24, 2.45) is 11.8 Å². The van der Waals surface area contributed by atoms with Crippen molar-refractivity contribution in [1.29, 1.82) is 0 Å². The molecule has 3 rings (SSSR count). The van der Waals surface area contributed by atoms with Crippen LogP contribution in [-0.2, 0) is 10.0 Å². The molecule has 1 saturated heterocycles. The Morgan fingerprint density at radius 3 is 2.63 bits per heavy atom. The van der Waals surface area contributed by atoms with E-state index in [0.29, 0.717) is 35.0 Å². The molecule has 0 spiro atoms. The third kappa shape index (κ3) is 2.35. The van der Waals surface area contributed by atoms with E-state index >= 15 is 0 Å². The Bertz CT molecular complexity index is 563. The summed E-state index contributed by atoms with van der Waals surface area (Å²) in [5.74, 6) is 1.30. The lowest BCUT2D eigenvalue weighted by molar-refractivity contribution is 0.584. The highest BCUT2D eigenvalue weighted by Crippen LogP contribution is 2.44. The number of nitrogens with one attached hydrogen (secondary N) is 3. The standard InChI is InChI=1S/C13H19N3O2S/c1-2-15-19(17,18)12-6-4-3-5-11(12)16-13-9-7-14-8-10(9)13/h3-6,9-10,13-16H,2,7-8H2,1H3. The van der Waals surface area contributed by atoms with Crippen LogP contribution in [0.3, 0.4) is 0 Å². The van der Waals surface area contributed by atoms with Crippen LogP contribution in [0.1, 0.15) is 6.92 Å². The van der Waals surface area contributed by atoms with Crippen LogP contribution < -0.4 is 15.4 Å². The van der Waals surface area contributed by atoms with Crippen LogP contribution in [0, 0.1) is 11.8 Å². The van der Waals surface area contributed by atoms with Gasteiger partial charge in [-0.3, -0.25) is 0 Å². The maximum atomic E-state index is 12.1. The van der Waals surface area contributed by atoms with E-state index in [1.54, 1.807) is 19.1 Å². The summed E-state index contributed by atoms with van der Waals surface area (Å²) in [7, 11) is -3.41. The van der Waals surface area contributed by atoms with Gasteiger partial charge in [0.25, 0.3) is 0 Å². The molecule has 1 aliphatic heterocycles. The van der Waals surface area contributed by atoms with Crippen molar-refractivity contribution in [3.8, 4) is 0 Å². The highest BCUT2D eigenvalue weighted by molar-refractivity contribution is 7.89. The zero-order valence-electron chi connectivity index (χ0n) is 10.9. The fourth-order valence-corrected chi connectivity index (χ4v) is 4.11. The van der Waals surface area contributed by atoms with Crippen LogP contribution in [0.4, 0.5) is 5.69 Å². The lowest BCUT2D eigenvalue weighted by Gasteiger charge is -2.14. The van der Waals surface area contributed by atoms with Gasteiger partial charge in [0.05, 0.1) is 5.69 Å². The van der Waals surface area contributed by atoms with Crippen LogP contribution in [-0.4, -0.2) is 34.1 Å². The molecule has 1 aliphatic carbocycles. The summed E-state index contributed by atoms with van der Waals surface area (Å²) in [6.45, 7) is 4.24. The van der Waals surface area contributed by atoms with Crippen LogP contribution in [0.5, 0.6) is 0 Å². The summed E-state index contributed by atoms with van der Waals surface area (Å²) < 4.78 is 26.8. The van der Waals surface area contributed by atoms with Gasteiger partial charge in [0.2, 0.25) is 10.0 Å². The van der Waals surface area contributed by atoms with Crippen molar-refractivity contribution in [2.75, 3.05) is 25.0 Å². The highest BCUT2D eigenvalue weighted by atomic mass is 32.2. The SMILES string of the molecule is CCNS(=O)(=O)c1ccccc1NC1C2CNCC21. The summed E-state index contributed by atoms with van der Waals surface area (Å²) in [6, 6.07) is 7.52. The maximum Gasteiger partial charge on any atom is 0.242 e. The van der Waals surface area contributed by atoms with Crippen molar-refractivity contribution < 1.29 is 8.42 Å². The summed E-state index contributed by atoms with van der Waals surface area (Å²) >= 11 is 0. The zero-order valence-corrected chi connectivity index (χ0v) is 11.7. The van der Waals surface area contributed by atoms with Gasteiger partial charge in [0, 0.05) is 25.7 Å². The molecule has 1 heterocycles. The molecule has 0 bridgehead atoms. The minimum absolute atomic E-state index is 0.342. The second-order valence-corrected chi connectivity index (χ2v) is 6.89. The second kappa shape index (κ2) is 4.77. The molecule has 0 aromatic heterocycles. The summed E-state index contributed by atoms with van der Waals surface area (Å²) in [5, 5.41) is 6.72. The molecule has 19 heavy (non-hydrogen) atoms. The summed E-state index contributed by atoms with van der Waals surface area (Å²) in [5.41, 5.74) is 0.711. The lowest BCUT2D eigenvalue weighted by atomic mass is 10.3. The molecule has 3 N–H and O–H groups in total. The van der Waals surface area contributed by atoms with E-state index in [1.165, 1.54) is 0 Å². The molecule has 1 saturated carbocycles. The molecule has 2 fully saturated rings. The first-order chi connectivity index (χ1) is 9.13. The molecule has 2 unspecified atom stereocenters. The predicted octanol–water partition coefficient (Wildman–Crippen LogP) is 0.614. The van der Waals surface area contributed by atoms with Crippen molar-refractivity contribution in [2.45, 2.75) is 17.9 Å². The Kier molecular flexibility index (Phi) is 3.24. The normalized spacial score (nSPS) is 29.0. The molecule has 5 nitrogen and oxygen atoms in total. The number of sulfonamides is 1. The van der Waals surface area contributed by atoms with Crippen LogP contribution in [0.15, 0.2) is 29.2 Å². The van der Waals surface area contributed by atoms with Crippen LogP contribution in [0.2, 0.25) is 0 Å². The molecule has 0 radical (unpaired) electrons. The number of fused-ring (bicyclic) bond motifs is 1. The molecule has 6 heteroatoms. The fourth-order valence-electron chi connectivity index (χ4n) is 2.90. The largest absolute Gasteiger partial charge is 0.381 e. The van der Waals surface area contributed by atoms with Gasteiger partial charge in [-0.2, -0.15) is 0 Å². The second-order valence-electron chi connectivity index (χ2n) is 5.15. The van der Waals surface area contributed by atoms with Crippen LogP contribution in [0.25, 0.3) is 0 Å². The average molecular weight is 281 g/mol. The number of hydrogen-bond acceptors (Lipinski definition) is 4. The fraction of sp³-hybridized carbons (Fsp3) is 0.538. The van der Waals surface area contributed by atoms with E-state index in [-0.39, 0.29) is 0 Å². The van der Waals surface area contributed by atoms with E-state index in [2.05, 4.69) is 15.4 Å². The summed E-state index contributed by atoms with van der Waals surface area (Å²) in [6.07, 6.45) is 0. The average Bonchev–Trinajstić information content (AvgIpc) is 2.83. The van der Waals surface area contributed by atoms with E-state index in [0.717, 1.165) is 13.1 Å². The Balaban J connectivity index is 1.82. The van der Waals surface area contributed by atoms with Gasteiger partial charge >= 0.3 is 0 Å². The van der Waals surface area contributed by atoms with E-state index in [9.17, 15) is 8.42 Å². The Morgan fingerprint density at radius 2 is 1.95 bits per heavy atom. The number of anilines is 1. The molecule has 2 aliphatic rings. The van der Waals surface area contributed by atoms with Gasteiger partial charge in [-0.1, -0.05) is 19.1 Å². The predicted molar refractivity (Wildman–Crippen MR) is 74.6 cm³/mol. The Morgan fingerprint density at radius 1 is 1.26 bits per heavy atom. The molecule has 1 aromatic rings. The Labute approximate surface area is 113 Å². The molecular weight excluding hydrogens is 262 g/mol. The topological polar surface area (TPSA) is 70.2 Å². The van der Waals surface area contributed by atoms with Gasteiger partial charge in [-0.25, -0.2) is 13.1 Å². The minimum Gasteiger partial charge on any atom is -0.381 e. The third-order valence-corrected chi connectivity index (χ3v) is 5.53. The van der Waals surface area contributed by atoms with Crippen molar-refractivity contribution in [3.63, 3.8) is 0 Å². The minimum atomic E-state index is -3.41. The number of benzene rings is 1. The molecule has 104 valence electrons. The van der Waals surface area contributed by atoms with Gasteiger partial charge in [-0.05, 0) is 24.0 Å². The molecule has 2 atom stereocenters.